The minimum absolute atomic E-state index is 0.0629. The molecule has 1 heterocycles. The van der Waals surface area contributed by atoms with Gasteiger partial charge in [-0.1, -0.05) is 37.3 Å². The quantitative estimate of drug-likeness (QED) is 0.438. The van der Waals surface area contributed by atoms with Gasteiger partial charge in [-0.15, -0.1) is 11.3 Å². The molecule has 0 radical (unpaired) electrons. The molecule has 2 atom stereocenters. The lowest BCUT2D eigenvalue weighted by molar-refractivity contribution is -0.121. The highest BCUT2D eigenvalue weighted by atomic mass is 32.2. The Hall–Kier alpha value is -2.75. The number of anilines is 1. The first kappa shape index (κ1) is 21.9. The molecule has 3 aromatic rings. The maximum Gasteiger partial charge on any atom is 0.225 e. The predicted molar refractivity (Wildman–Crippen MR) is 117 cm³/mol. The van der Waals surface area contributed by atoms with E-state index in [1.165, 1.54) is 11.3 Å². The molecule has 0 bridgehead atoms. The van der Waals surface area contributed by atoms with Crippen molar-refractivity contribution in [3.8, 4) is 5.75 Å². The summed E-state index contributed by atoms with van der Waals surface area (Å²) in [6, 6.07) is 13.4. The van der Waals surface area contributed by atoms with Crippen LogP contribution < -0.4 is 10.0 Å². The molecule has 3 N–H and O–H groups in total. The van der Waals surface area contributed by atoms with E-state index in [1.807, 2.05) is 24.4 Å². The van der Waals surface area contributed by atoms with E-state index in [0.29, 0.717) is 17.7 Å². The van der Waals surface area contributed by atoms with E-state index >= 15 is 0 Å². The molecule has 3 rings (SSSR count). The summed E-state index contributed by atoms with van der Waals surface area (Å²) < 4.78 is 23.8. The van der Waals surface area contributed by atoms with Crippen molar-refractivity contribution in [3.05, 3.63) is 75.7 Å². The van der Waals surface area contributed by atoms with Crippen LogP contribution in [0.4, 0.5) is 5.69 Å². The molecule has 0 saturated carbocycles. The second-order valence-corrected chi connectivity index (χ2v) is 8.26. The smallest absolute Gasteiger partial charge is 0.225 e. The summed E-state index contributed by atoms with van der Waals surface area (Å²) in [7, 11) is 0. The number of para-hydroxylation sites is 1. The SMILES string of the molecule is CCc1csc([C@H](Cc2ccc(NS(=O)[O-])cc2)NC(=O)Cc2ccccc2O)n1. The van der Waals surface area contributed by atoms with Gasteiger partial charge in [-0.3, -0.25) is 9.00 Å². The fraction of sp³-hybridized carbons (Fsp3) is 0.238. The first-order valence-electron chi connectivity index (χ1n) is 9.40. The van der Waals surface area contributed by atoms with Gasteiger partial charge in [0.2, 0.25) is 5.91 Å². The molecule has 0 saturated heterocycles. The molecule has 158 valence electrons. The van der Waals surface area contributed by atoms with Crippen molar-refractivity contribution >= 4 is 34.2 Å². The van der Waals surface area contributed by atoms with Crippen molar-refractivity contribution in [2.45, 2.75) is 32.2 Å². The van der Waals surface area contributed by atoms with Gasteiger partial charge < -0.3 is 19.7 Å². The second-order valence-electron chi connectivity index (χ2n) is 6.69. The first-order valence-corrected chi connectivity index (χ1v) is 11.4. The van der Waals surface area contributed by atoms with Gasteiger partial charge in [-0.25, -0.2) is 4.98 Å². The zero-order valence-electron chi connectivity index (χ0n) is 16.3. The molecule has 0 fully saturated rings. The van der Waals surface area contributed by atoms with Gasteiger partial charge in [0.05, 0.1) is 18.2 Å². The van der Waals surface area contributed by atoms with Crippen LogP contribution in [0.5, 0.6) is 5.75 Å². The summed E-state index contributed by atoms with van der Waals surface area (Å²) in [5.74, 6) is -0.125. The Balaban J connectivity index is 1.75. The molecule has 9 heteroatoms. The minimum atomic E-state index is -2.38. The number of rotatable bonds is 9. The predicted octanol–water partition coefficient (Wildman–Crippen LogP) is 3.26. The average Bonchev–Trinajstić information content (AvgIpc) is 3.19. The standard InChI is InChI=1S/C21H23N3O4S2/c1-2-16-13-29-21(22-16)18(11-14-7-9-17(10-8-14)24-30(27)28)23-20(26)12-15-5-3-4-6-19(15)25/h3-10,13,18,24-25H,2,11-12H2,1H3,(H,23,26)(H,27,28)/p-1/t18-/m0/s1. The highest BCUT2D eigenvalue weighted by molar-refractivity contribution is 7.80. The first-order chi connectivity index (χ1) is 14.4. The normalized spacial score (nSPS) is 12.9. The average molecular weight is 445 g/mol. The molecule has 1 amide bonds. The fourth-order valence-electron chi connectivity index (χ4n) is 2.96. The topological polar surface area (TPSA) is 114 Å². The summed E-state index contributed by atoms with van der Waals surface area (Å²) in [6.07, 6.45) is 1.37. The molecule has 2 aromatic carbocycles. The molecule has 7 nitrogen and oxygen atoms in total. The van der Waals surface area contributed by atoms with Gasteiger partial charge in [-0.05, 0) is 36.6 Å². The zero-order chi connectivity index (χ0) is 21.5. The van der Waals surface area contributed by atoms with Gasteiger partial charge >= 0.3 is 0 Å². The number of benzene rings is 2. The van der Waals surface area contributed by atoms with E-state index in [9.17, 15) is 18.7 Å². The number of amides is 1. The highest BCUT2D eigenvalue weighted by Gasteiger charge is 2.19. The van der Waals surface area contributed by atoms with Gasteiger partial charge in [0, 0.05) is 27.9 Å². The Morgan fingerprint density at radius 3 is 2.60 bits per heavy atom. The maximum absolute atomic E-state index is 12.7. The Morgan fingerprint density at radius 1 is 1.23 bits per heavy atom. The second kappa shape index (κ2) is 10.3. The third-order valence-corrected chi connectivity index (χ3v) is 5.91. The fourth-order valence-corrected chi connectivity index (χ4v) is 4.25. The van der Waals surface area contributed by atoms with Gasteiger partial charge in [0.15, 0.2) is 0 Å². The molecule has 30 heavy (non-hydrogen) atoms. The van der Waals surface area contributed by atoms with E-state index < -0.39 is 11.3 Å². The molecule has 0 aliphatic carbocycles. The van der Waals surface area contributed by atoms with Crippen LogP contribution in [0.3, 0.4) is 0 Å². The number of aromatic hydroxyl groups is 1. The number of nitrogens with one attached hydrogen (secondary N) is 2. The molecule has 1 unspecified atom stereocenters. The molecule has 0 aliphatic rings. The van der Waals surface area contributed by atoms with Crippen molar-refractivity contribution in [3.63, 3.8) is 0 Å². The number of aromatic nitrogens is 1. The summed E-state index contributed by atoms with van der Waals surface area (Å²) in [6.45, 7) is 2.02. The molecule has 0 spiro atoms. The van der Waals surface area contributed by atoms with Crippen molar-refractivity contribution in [1.29, 1.82) is 0 Å². The molecular formula is C21H22N3O4S2-. The van der Waals surface area contributed by atoms with Gasteiger partial charge in [0.25, 0.3) is 0 Å². The van der Waals surface area contributed by atoms with Crippen LogP contribution in [-0.2, 0) is 35.3 Å². The number of carbonyl (C=O) groups excluding carboxylic acids is 1. The number of phenolic OH excluding ortho intramolecular Hbond substituents is 1. The van der Waals surface area contributed by atoms with Crippen molar-refractivity contribution in [2.75, 3.05) is 4.72 Å². The highest BCUT2D eigenvalue weighted by Crippen LogP contribution is 2.24. The van der Waals surface area contributed by atoms with Crippen LogP contribution in [0.1, 0.15) is 34.8 Å². The molecule has 1 aromatic heterocycles. The Bertz CT molecular complexity index is 1020. The number of hydrogen-bond acceptors (Lipinski definition) is 6. The van der Waals surface area contributed by atoms with Crippen molar-refractivity contribution in [1.82, 2.24) is 10.3 Å². The molecule has 0 aliphatic heterocycles. The Labute approximate surface area is 181 Å². The lowest BCUT2D eigenvalue weighted by atomic mass is 10.0. The number of nitrogens with zero attached hydrogens (tertiary/aromatic N) is 1. The third-order valence-electron chi connectivity index (χ3n) is 4.50. The number of aryl methyl sites for hydroxylation is 1. The van der Waals surface area contributed by atoms with Crippen LogP contribution in [0.15, 0.2) is 53.9 Å². The third kappa shape index (κ3) is 6.12. The van der Waals surface area contributed by atoms with E-state index in [-0.39, 0.29) is 24.1 Å². The van der Waals surface area contributed by atoms with Crippen LogP contribution in [-0.4, -0.2) is 24.8 Å². The van der Waals surface area contributed by atoms with E-state index in [4.69, 9.17) is 0 Å². The Morgan fingerprint density at radius 2 is 1.97 bits per heavy atom. The number of thiazole rings is 1. The largest absolute Gasteiger partial charge is 0.755 e. The lowest BCUT2D eigenvalue weighted by Gasteiger charge is -2.18. The summed E-state index contributed by atoms with van der Waals surface area (Å²) in [5.41, 5.74) is 2.92. The minimum Gasteiger partial charge on any atom is -0.755 e. The van der Waals surface area contributed by atoms with Gasteiger partial charge in [0.1, 0.15) is 10.8 Å². The summed E-state index contributed by atoms with van der Waals surface area (Å²) in [4.78, 5) is 17.3. The van der Waals surface area contributed by atoms with Crippen LogP contribution >= 0.6 is 11.3 Å². The van der Waals surface area contributed by atoms with Crippen molar-refractivity contribution in [2.24, 2.45) is 0 Å². The van der Waals surface area contributed by atoms with Gasteiger partial charge in [-0.2, -0.15) is 0 Å². The maximum atomic E-state index is 12.7. The number of carbonyl (C=O) groups is 1. The monoisotopic (exact) mass is 444 g/mol. The van der Waals surface area contributed by atoms with Crippen molar-refractivity contribution < 1.29 is 18.7 Å². The van der Waals surface area contributed by atoms with Crippen LogP contribution in [0.2, 0.25) is 0 Å². The number of phenols is 1. The number of hydrogen-bond donors (Lipinski definition) is 3. The summed E-state index contributed by atoms with van der Waals surface area (Å²) >= 11 is -0.882. The lowest BCUT2D eigenvalue weighted by Crippen LogP contribution is -2.31. The zero-order valence-corrected chi connectivity index (χ0v) is 18.0. The van der Waals surface area contributed by atoms with Crippen LogP contribution in [0.25, 0.3) is 0 Å². The van der Waals surface area contributed by atoms with E-state index in [0.717, 1.165) is 22.7 Å². The van der Waals surface area contributed by atoms with Crippen LogP contribution in [0, 0.1) is 0 Å². The Kier molecular flexibility index (Phi) is 7.56. The van der Waals surface area contributed by atoms with E-state index in [2.05, 4.69) is 15.0 Å². The molecular weight excluding hydrogens is 422 g/mol. The summed E-state index contributed by atoms with van der Waals surface area (Å²) in [5, 5.41) is 15.7. The van der Waals surface area contributed by atoms with E-state index in [1.54, 1.807) is 36.4 Å².